The first-order valence-electron chi connectivity index (χ1n) is 7.87. The largest absolute Gasteiger partial charge is 0.131 e. The van der Waals surface area contributed by atoms with E-state index in [-0.39, 0.29) is 17.0 Å². The van der Waals surface area contributed by atoms with Gasteiger partial charge >= 0.3 is 0 Å². The molecule has 20 heavy (non-hydrogen) atoms. The average molecular weight is 359 g/mol. The third-order valence-electron chi connectivity index (χ3n) is 4.03. The van der Waals surface area contributed by atoms with Crippen LogP contribution in [0.2, 0.25) is 0 Å². The zero-order valence-electron chi connectivity index (χ0n) is 13.4. The van der Waals surface area contributed by atoms with Crippen molar-refractivity contribution in [1.29, 1.82) is 0 Å². The molecule has 0 fully saturated rings. The second kappa shape index (κ2) is 10.8. The van der Waals surface area contributed by atoms with Gasteiger partial charge in [-0.15, -0.1) is 26.2 Å². The van der Waals surface area contributed by atoms with Crippen LogP contribution in [0.3, 0.4) is 0 Å². The molecule has 0 aliphatic rings. The van der Waals surface area contributed by atoms with Gasteiger partial charge in [-0.2, -0.15) is 0 Å². The topological polar surface area (TPSA) is 0 Å². The summed E-state index contributed by atoms with van der Waals surface area (Å²) in [5.74, 6) is 0.765. The van der Waals surface area contributed by atoms with Crippen molar-refractivity contribution in [1.82, 2.24) is 0 Å². The van der Waals surface area contributed by atoms with Crippen molar-refractivity contribution < 1.29 is 0 Å². The van der Waals surface area contributed by atoms with Crippen molar-refractivity contribution >= 4 is 26.2 Å². The molecule has 0 heterocycles. The fraction of sp³-hybridized carbons (Fsp3) is 0.667. The van der Waals surface area contributed by atoms with Crippen LogP contribution in [0.25, 0.3) is 0 Å². The standard InChI is InChI=1S/C18H31P.BrH/c1-4-5-6-7-11-14-17(18(2,3)19)15-16-12-9-8-10-13-16;/h8-10,12-13,17H,4-7,11,14-15,19H2,1-3H3;1H. The summed E-state index contributed by atoms with van der Waals surface area (Å²) >= 11 is 0. The lowest BCUT2D eigenvalue weighted by Gasteiger charge is -2.31. The predicted octanol–water partition coefficient (Wildman–Crippen LogP) is 6.44. The number of hydrogen-bond donors (Lipinski definition) is 0. The lowest BCUT2D eigenvalue weighted by Crippen LogP contribution is -2.26. The Kier molecular flexibility index (Phi) is 10.9. The van der Waals surface area contributed by atoms with Crippen LogP contribution < -0.4 is 0 Å². The van der Waals surface area contributed by atoms with Crippen LogP contribution in [-0.4, -0.2) is 5.16 Å². The first-order chi connectivity index (χ1) is 9.04. The van der Waals surface area contributed by atoms with Gasteiger partial charge in [-0.05, 0) is 29.5 Å². The number of halogens is 1. The van der Waals surface area contributed by atoms with Crippen LogP contribution in [0.1, 0.15) is 64.9 Å². The third-order valence-corrected chi connectivity index (χ3v) is 4.50. The second-order valence-corrected chi connectivity index (χ2v) is 7.90. The van der Waals surface area contributed by atoms with Crippen LogP contribution in [0.5, 0.6) is 0 Å². The lowest BCUT2D eigenvalue weighted by molar-refractivity contribution is 0.374. The average Bonchev–Trinajstić information content (AvgIpc) is 2.37. The van der Waals surface area contributed by atoms with Crippen molar-refractivity contribution in [2.45, 2.75) is 70.9 Å². The van der Waals surface area contributed by atoms with E-state index in [0.29, 0.717) is 5.16 Å². The number of rotatable bonds is 9. The highest BCUT2D eigenvalue weighted by molar-refractivity contribution is 8.93. The summed E-state index contributed by atoms with van der Waals surface area (Å²) in [6.07, 6.45) is 9.50. The zero-order chi connectivity index (χ0) is 14.1. The summed E-state index contributed by atoms with van der Waals surface area (Å²) < 4.78 is 0. The molecule has 0 aromatic heterocycles. The van der Waals surface area contributed by atoms with Gasteiger partial charge < -0.3 is 0 Å². The third kappa shape index (κ3) is 8.42. The molecule has 0 saturated carbocycles. The quantitative estimate of drug-likeness (QED) is 0.352. The highest BCUT2D eigenvalue weighted by Crippen LogP contribution is 2.33. The molecule has 0 nitrogen and oxygen atoms in total. The van der Waals surface area contributed by atoms with Crippen LogP contribution in [0.15, 0.2) is 30.3 Å². The molecule has 0 N–H and O–H groups in total. The van der Waals surface area contributed by atoms with Gasteiger partial charge in [0.25, 0.3) is 0 Å². The molecule has 0 radical (unpaired) electrons. The van der Waals surface area contributed by atoms with Gasteiger partial charge in [0.1, 0.15) is 0 Å². The molecule has 0 bridgehead atoms. The Morgan fingerprint density at radius 2 is 1.60 bits per heavy atom. The number of hydrogen-bond acceptors (Lipinski definition) is 0. The van der Waals surface area contributed by atoms with E-state index < -0.39 is 0 Å². The SMILES string of the molecule is Br.CCCCCCCC(Cc1ccccc1)C(C)(C)P. The van der Waals surface area contributed by atoms with E-state index in [2.05, 4.69) is 60.3 Å². The first kappa shape index (κ1) is 20.1. The van der Waals surface area contributed by atoms with E-state index in [4.69, 9.17) is 0 Å². The Bertz CT molecular complexity index is 329. The molecule has 0 saturated heterocycles. The van der Waals surface area contributed by atoms with Gasteiger partial charge in [0, 0.05) is 0 Å². The molecular formula is C18H32BrP. The molecule has 1 aromatic rings. The van der Waals surface area contributed by atoms with Crippen LogP contribution in [-0.2, 0) is 6.42 Å². The van der Waals surface area contributed by atoms with Crippen molar-refractivity contribution in [2.75, 3.05) is 0 Å². The normalized spacial score (nSPS) is 12.8. The van der Waals surface area contributed by atoms with E-state index in [1.807, 2.05) is 0 Å². The van der Waals surface area contributed by atoms with Crippen molar-refractivity contribution in [2.24, 2.45) is 5.92 Å². The van der Waals surface area contributed by atoms with Gasteiger partial charge in [-0.25, -0.2) is 0 Å². The summed E-state index contributed by atoms with van der Waals surface area (Å²) in [6, 6.07) is 10.9. The van der Waals surface area contributed by atoms with Crippen LogP contribution in [0.4, 0.5) is 0 Å². The monoisotopic (exact) mass is 358 g/mol. The summed E-state index contributed by atoms with van der Waals surface area (Å²) in [5.41, 5.74) is 1.48. The molecule has 2 atom stereocenters. The van der Waals surface area contributed by atoms with E-state index in [1.165, 1.54) is 50.5 Å². The Hall–Kier alpha value is 0.130. The molecule has 0 amide bonds. The summed E-state index contributed by atoms with van der Waals surface area (Å²) in [5, 5.41) is 0.334. The fourth-order valence-corrected chi connectivity index (χ4v) is 2.91. The van der Waals surface area contributed by atoms with Crippen LogP contribution >= 0.6 is 26.2 Å². The number of benzene rings is 1. The predicted molar refractivity (Wildman–Crippen MR) is 101 cm³/mol. The maximum absolute atomic E-state index is 3.06. The molecule has 0 aliphatic carbocycles. The highest BCUT2D eigenvalue weighted by atomic mass is 79.9. The Morgan fingerprint density at radius 1 is 1.00 bits per heavy atom. The maximum atomic E-state index is 3.06. The van der Waals surface area contributed by atoms with Gasteiger partial charge in [-0.3, -0.25) is 0 Å². The van der Waals surface area contributed by atoms with Gasteiger partial charge in [0.05, 0.1) is 0 Å². The minimum atomic E-state index is 0. The molecular weight excluding hydrogens is 327 g/mol. The second-order valence-electron chi connectivity index (χ2n) is 6.41. The lowest BCUT2D eigenvalue weighted by atomic mass is 9.84. The van der Waals surface area contributed by atoms with E-state index in [0.717, 1.165) is 5.92 Å². The molecule has 0 spiro atoms. The summed E-state index contributed by atoms with van der Waals surface area (Å²) in [7, 11) is 3.06. The van der Waals surface area contributed by atoms with Crippen molar-refractivity contribution in [3.63, 3.8) is 0 Å². The fourth-order valence-electron chi connectivity index (χ4n) is 2.63. The van der Waals surface area contributed by atoms with Gasteiger partial charge in [-0.1, -0.05) is 83.2 Å². The first-order valence-corrected chi connectivity index (χ1v) is 8.44. The van der Waals surface area contributed by atoms with Gasteiger partial charge in [0.2, 0.25) is 0 Å². The molecule has 0 aliphatic heterocycles. The zero-order valence-corrected chi connectivity index (χ0v) is 16.3. The van der Waals surface area contributed by atoms with Crippen LogP contribution in [0, 0.1) is 5.92 Å². The van der Waals surface area contributed by atoms with Crippen molar-refractivity contribution in [3.8, 4) is 0 Å². The molecule has 1 aromatic carbocycles. The highest BCUT2D eigenvalue weighted by Gasteiger charge is 2.24. The Morgan fingerprint density at radius 3 is 2.15 bits per heavy atom. The van der Waals surface area contributed by atoms with E-state index >= 15 is 0 Å². The Labute approximate surface area is 139 Å². The van der Waals surface area contributed by atoms with Gasteiger partial charge in [0.15, 0.2) is 0 Å². The minimum Gasteiger partial charge on any atom is -0.131 e. The van der Waals surface area contributed by atoms with Crippen molar-refractivity contribution in [3.05, 3.63) is 35.9 Å². The summed E-state index contributed by atoms with van der Waals surface area (Å²) in [6.45, 7) is 7.00. The molecule has 2 unspecified atom stereocenters. The molecule has 116 valence electrons. The molecule has 2 heteroatoms. The summed E-state index contributed by atoms with van der Waals surface area (Å²) in [4.78, 5) is 0. The minimum absolute atomic E-state index is 0. The smallest absolute Gasteiger partial charge is 0.0175 e. The molecule has 1 rings (SSSR count). The Balaban J connectivity index is 0.00000361. The van der Waals surface area contributed by atoms with E-state index in [1.54, 1.807) is 0 Å². The maximum Gasteiger partial charge on any atom is -0.0175 e. The van der Waals surface area contributed by atoms with E-state index in [9.17, 15) is 0 Å². The number of unbranched alkanes of at least 4 members (excludes halogenated alkanes) is 4.